The fourth-order valence-electron chi connectivity index (χ4n) is 2.24. The van der Waals surface area contributed by atoms with Gasteiger partial charge in [0.2, 0.25) is 0 Å². The minimum absolute atomic E-state index is 0.197. The topological polar surface area (TPSA) is 38.6 Å². The third kappa shape index (κ3) is 3.16. The highest BCUT2D eigenvalue weighted by Gasteiger charge is 2.03. The van der Waals surface area contributed by atoms with Crippen molar-refractivity contribution in [3.05, 3.63) is 60.4 Å². The number of hydrogen-bond acceptors (Lipinski definition) is 3. The fourth-order valence-corrected chi connectivity index (χ4v) is 2.24. The van der Waals surface area contributed by atoms with Crippen LogP contribution in [0.5, 0.6) is 5.75 Å². The van der Waals surface area contributed by atoms with Crippen molar-refractivity contribution in [3.8, 4) is 5.75 Å². The largest absolute Gasteiger partial charge is 0.491 e. The third-order valence-electron chi connectivity index (χ3n) is 3.22. The number of nitrogens with one attached hydrogen (secondary N) is 1. The molecule has 0 aliphatic rings. The normalized spacial score (nSPS) is 11.0. The van der Waals surface area contributed by atoms with E-state index in [1.807, 2.05) is 67.2 Å². The Morgan fingerprint density at radius 3 is 2.71 bits per heavy atom. The smallest absolute Gasteiger partial charge is 0.119 e. The van der Waals surface area contributed by atoms with E-state index in [1.165, 1.54) is 5.56 Å². The molecule has 0 amide bonds. The van der Waals surface area contributed by atoms with E-state index in [1.54, 1.807) is 0 Å². The predicted octanol–water partition coefficient (Wildman–Crippen LogP) is 3.73. The number of rotatable bonds is 5. The van der Waals surface area contributed by atoms with E-state index in [2.05, 4.69) is 16.5 Å². The lowest BCUT2D eigenvalue weighted by molar-refractivity contribution is 0.242. The van der Waals surface area contributed by atoms with Gasteiger partial charge in [0.1, 0.15) is 5.75 Å². The van der Waals surface area contributed by atoms with Gasteiger partial charge in [0, 0.05) is 24.0 Å². The number of fused-ring (bicyclic) bond motifs is 1. The summed E-state index contributed by atoms with van der Waals surface area (Å²) in [7, 11) is 0. The van der Waals surface area contributed by atoms with Crippen LogP contribution in [0.15, 0.2) is 54.9 Å². The molecular weight excluding hydrogens is 262 g/mol. The first kappa shape index (κ1) is 13.5. The number of pyridine rings is 1. The van der Waals surface area contributed by atoms with E-state index in [4.69, 9.17) is 4.74 Å². The number of benzene rings is 1. The van der Waals surface area contributed by atoms with Crippen molar-refractivity contribution in [3.63, 3.8) is 0 Å². The van der Waals surface area contributed by atoms with Crippen molar-refractivity contribution in [2.24, 2.45) is 0 Å². The Hall–Kier alpha value is -2.49. The Morgan fingerprint density at radius 1 is 1.14 bits per heavy atom. The van der Waals surface area contributed by atoms with E-state index in [0.29, 0.717) is 0 Å². The van der Waals surface area contributed by atoms with Gasteiger partial charge < -0.3 is 10.1 Å². The summed E-state index contributed by atoms with van der Waals surface area (Å²) in [6.45, 7) is 4.80. The van der Waals surface area contributed by atoms with E-state index < -0.39 is 0 Å². The van der Waals surface area contributed by atoms with Gasteiger partial charge in [-0.1, -0.05) is 6.07 Å². The lowest BCUT2D eigenvalue weighted by atomic mass is 10.2. The van der Waals surface area contributed by atoms with E-state index >= 15 is 0 Å². The maximum absolute atomic E-state index is 5.64. The van der Waals surface area contributed by atoms with Crippen molar-refractivity contribution < 1.29 is 4.74 Å². The van der Waals surface area contributed by atoms with Crippen molar-refractivity contribution in [2.45, 2.75) is 26.5 Å². The molecule has 0 saturated heterocycles. The molecule has 1 aromatic carbocycles. The monoisotopic (exact) mass is 281 g/mol. The third-order valence-corrected chi connectivity index (χ3v) is 3.22. The van der Waals surface area contributed by atoms with Gasteiger partial charge in [0.15, 0.2) is 0 Å². The Morgan fingerprint density at radius 2 is 1.95 bits per heavy atom. The molecule has 0 atom stereocenters. The highest BCUT2D eigenvalue weighted by atomic mass is 16.5. The van der Waals surface area contributed by atoms with Crippen LogP contribution in [0, 0.1) is 0 Å². The molecular formula is C17H19N3O. The second-order valence-corrected chi connectivity index (χ2v) is 5.24. The molecule has 0 aliphatic carbocycles. The van der Waals surface area contributed by atoms with Crippen LogP contribution < -0.4 is 10.1 Å². The molecule has 0 bridgehead atoms. The summed E-state index contributed by atoms with van der Waals surface area (Å²) in [5.41, 5.74) is 3.38. The highest BCUT2D eigenvalue weighted by Crippen LogP contribution is 2.18. The predicted molar refractivity (Wildman–Crippen MR) is 84.7 cm³/mol. The molecule has 2 aromatic heterocycles. The van der Waals surface area contributed by atoms with Gasteiger partial charge in [-0.3, -0.25) is 0 Å². The van der Waals surface area contributed by atoms with E-state index in [9.17, 15) is 0 Å². The summed E-state index contributed by atoms with van der Waals surface area (Å²) in [5.74, 6) is 0.895. The summed E-state index contributed by atoms with van der Waals surface area (Å²) >= 11 is 0. The van der Waals surface area contributed by atoms with Crippen LogP contribution in [-0.2, 0) is 6.54 Å². The Bertz CT molecular complexity index is 716. The van der Waals surface area contributed by atoms with E-state index in [-0.39, 0.29) is 6.10 Å². The lowest BCUT2D eigenvalue weighted by Gasteiger charge is -2.11. The Labute approximate surface area is 124 Å². The second kappa shape index (κ2) is 5.87. The summed E-state index contributed by atoms with van der Waals surface area (Å²) < 4.78 is 7.52. The second-order valence-electron chi connectivity index (χ2n) is 5.24. The van der Waals surface area contributed by atoms with Gasteiger partial charge in [-0.2, -0.15) is 5.10 Å². The van der Waals surface area contributed by atoms with Crippen molar-refractivity contribution in [1.82, 2.24) is 9.61 Å². The molecule has 21 heavy (non-hydrogen) atoms. The Balaban J connectivity index is 1.67. The molecule has 0 spiro atoms. The molecule has 1 N–H and O–H groups in total. The molecule has 0 radical (unpaired) electrons. The Kier molecular flexibility index (Phi) is 3.77. The number of anilines is 1. The first-order valence-corrected chi connectivity index (χ1v) is 7.14. The first-order valence-electron chi connectivity index (χ1n) is 7.14. The summed E-state index contributed by atoms with van der Waals surface area (Å²) in [6.07, 6.45) is 4.05. The summed E-state index contributed by atoms with van der Waals surface area (Å²) in [4.78, 5) is 0. The van der Waals surface area contributed by atoms with E-state index in [0.717, 1.165) is 23.5 Å². The summed E-state index contributed by atoms with van der Waals surface area (Å²) in [6, 6.07) is 14.1. The van der Waals surface area contributed by atoms with Crippen molar-refractivity contribution in [1.29, 1.82) is 0 Å². The molecule has 3 rings (SSSR count). The zero-order valence-electron chi connectivity index (χ0n) is 12.3. The minimum Gasteiger partial charge on any atom is -0.491 e. The SMILES string of the molecule is CC(C)Oc1ccc(NCc2cnn3ccccc23)cc1. The molecule has 0 fully saturated rings. The average Bonchev–Trinajstić information content (AvgIpc) is 2.89. The first-order chi connectivity index (χ1) is 10.2. The quantitative estimate of drug-likeness (QED) is 0.774. The van der Waals surface area contributed by atoms with Crippen molar-refractivity contribution >= 4 is 11.2 Å². The molecule has 0 unspecified atom stereocenters. The summed E-state index contributed by atoms with van der Waals surface area (Å²) in [5, 5.41) is 7.75. The van der Waals surface area contributed by atoms with Crippen LogP contribution in [0.25, 0.3) is 5.52 Å². The maximum Gasteiger partial charge on any atom is 0.119 e. The van der Waals surface area contributed by atoms with Crippen molar-refractivity contribution in [2.75, 3.05) is 5.32 Å². The minimum atomic E-state index is 0.197. The van der Waals surface area contributed by atoms with Gasteiger partial charge in [0.25, 0.3) is 0 Å². The standard InChI is InChI=1S/C17H19N3O/c1-13(2)21-16-8-6-15(7-9-16)18-11-14-12-19-20-10-4-3-5-17(14)20/h3-10,12-13,18H,11H2,1-2H3. The van der Waals surface area contributed by atoms with Crippen LogP contribution in [0.4, 0.5) is 5.69 Å². The van der Waals surface area contributed by atoms with Gasteiger partial charge in [-0.25, -0.2) is 4.52 Å². The molecule has 0 saturated carbocycles. The van der Waals surface area contributed by atoms with Gasteiger partial charge >= 0.3 is 0 Å². The highest BCUT2D eigenvalue weighted by molar-refractivity contribution is 5.55. The number of hydrogen-bond donors (Lipinski definition) is 1. The van der Waals surface area contributed by atoms with Gasteiger partial charge in [-0.05, 0) is 50.2 Å². The molecule has 4 nitrogen and oxygen atoms in total. The molecule has 108 valence electrons. The number of aromatic nitrogens is 2. The lowest BCUT2D eigenvalue weighted by Crippen LogP contribution is -2.05. The van der Waals surface area contributed by atoms with Crippen LogP contribution >= 0.6 is 0 Å². The molecule has 2 heterocycles. The maximum atomic E-state index is 5.64. The van der Waals surface area contributed by atoms with Crippen LogP contribution in [0.3, 0.4) is 0 Å². The van der Waals surface area contributed by atoms with Crippen LogP contribution in [-0.4, -0.2) is 15.7 Å². The van der Waals surface area contributed by atoms with Gasteiger partial charge in [0.05, 0.1) is 17.8 Å². The number of ether oxygens (including phenoxy) is 1. The molecule has 3 aromatic rings. The fraction of sp³-hybridized carbons (Fsp3) is 0.235. The van der Waals surface area contributed by atoms with Crippen LogP contribution in [0.1, 0.15) is 19.4 Å². The van der Waals surface area contributed by atoms with Gasteiger partial charge in [-0.15, -0.1) is 0 Å². The zero-order chi connectivity index (χ0) is 14.7. The molecule has 4 heteroatoms. The van der Waals surface area contributed by atoms with Crippen LogP contribution in [0.2, 0.25) is 0 Å². The zero-order valence-corrected chi connectivity index (χ0v) is 12.3. The average molecular weight is 281 g/mol. The number of nitrogens with zero attached hydrogens (tertiary/aromatic N) is 2. The molecule has 0 aliphatic heterocycles.